The summed E-state index contributed by atoms with van der Waals surface area (Å²) in [6, 6.07) is 2.81. The van der Waals surface area contributed by atoms with Gasteiger partial charge < -0.3 is 10.2 Å². The fourth-order valence-corrected chi connectivity index (χ4v) is 2.51. The molecule has 0 bridgehead atoms. The second kappa shape index (κ2) is 7.71. The van der Waals surface area contributed by atoms with Crippen molar-refractivity contribution in [2.45, 2.75) is 18.4 Å². The third-order valence-electron chi connectivity index (χ3n) is 2.42. The van der Waals surface area contributed by atoms with E-state index < -0.39 is 11.6 Å². The lowest BCUT2D eigenvalue weighted by molar-refractivity contribution is 0.437. The molecule has 1 aromatic carbocycles. The van der Waals surface area contributed by atoms with E-state index in [1.807, 2.05) is 25.9 Å². The summed E-state index contributed by atoms with van der Waals surface area (Å²) in [7, 11) is 3.87. The van der Waals surface area contributed by atoms with Crippen molar-refractivity contribution < 1.29 is 8.78 Å². The molecule has 0 aliphatic carbocycles. The molecule has 0 unspecified atom stereocenters. The Balaban J connectivity index is 2.68. The van der Waals surface area contributed by atoms with Crippen molar-refractivity contribution in [3.63, 3.8) is 0 Å². The van der Waals surface area contributed by atoms with Crippen molar-refractivity contribution in [2.75, 3.05) is 32.9 Å². The zero-order valence-electron chi connectivity index (χ0n) is 11.1. The molecular weight excluding hydrogens is 254 g/mol. The predicted octanol–water partition coefficient (Wildman–Crippen LogP) is 2.73. The van der Waals surface area contributed by atoms with E-state index in [4.69, 9.17) is 0 Å². The highest BCUT2D eigenvalue weighted by molar-refractivity contribution is 7.99. The molecule has 1 N–H and O–H groups in total. The Hall–Kier alpha value is -0.650. The van der Waals surface area contributed by atoms with E-state index in [1.54, 1.807) is 0 Å². The van der Waals surface area contributed by atoms with Gasteiger partial charge in [-0.25, -0.2) is 8.78 Å². The van der Waals surface area contributed by atoms with Crippen LogP contribution in [0.4, 0.5) is 8.78 Å². The lowest BCUT2D eigenvalue weighted by Crippen LogP contribution is -2.15. The maximum Gasteiger partial charge on any atom is 0.140 e. The van der Waals surface area contributed by atoms with Gasteiger partial charge in [-0.05, 0) is 38.3 Å². The highest BCUT2D eigenvalue weighted by Gasteiger charge is 2.11. The van der Waals surface area contributed by atoms with Crippen molar-refractivity contribution in [1.29, 1.82) is 0 Å². The van der Waals surface area contributed by atoms with Crippen LogP contribution in [0, 0.1) is 11.6 Å². The van der Waals surface area contributed by atoms with E-state index in [-0.39, 0.29) is 4.90 Å². The van der Waals surface area contributed by atoms with E-state index in [9.17, 15) is 8.78 Å². The molecule has 1 rings (SSSR count). The van der Waals surface area contributed by atoms with E-state index >= 15 is 0 Å². The summed E-state index contributed by atoms with van der Waals surface area (Å²) in [5.41, 5.74) is 0.642. The molecule has 102 valence electrons. The molecule has 5 heteroatoms. The van der Waals surface area contributed by atoms with Crippen LogP contribution in [0.2, 0.25) is 0 Å². The predicted molar refractivity (Wildman–Crippen MR) is 73.0 cm³/mol. The highest BCUT2D eigenvalue weighted by atomic mass is 32.2. The Bertz CT molecular complexity index is 360. The second-order valence-corrected chi connectivity index (χ2v) is 5.43. The average Bonchev–Trinajstić information content (AvgIpc) is 2.29. The van der Waals surface area contributed by atoms with Gasteiger partial charge in [-0.2, -0.15) is 0 Å². The van der Waals surface area contributed by atoms with Gasteiger partial charge in [0, 0.05) is 18.8 Å². The van der Waals surface area contributed by atoms with E-state index in [1.165, 1.54) is 23.9 Å². The lowest BCUT2D eigenvalue weighted by atomic mass is 10.2. The Labute approximate surface area is 112 Å². The van der Waals surface area contributed by atoms with Gasteiger partial charge in [-0.3, -0.25) is 0 Å². The number of rotatable bonds is 7. The van der Waals surface area contributed by atoms with E-state index in [0.29, 0.717) is 17.9 Å². The van der Waals surface area contributed by atoms with Crippen LogP contribution in [0.1, 0.15) is 12.5 Å². The second-order valence-electron chi connectivity index (χ2n) is 4.32. The Kier molecular flexibility index (Phi) is 6.60. The smallest absolute Gasteiger partial charge is 0.140 e. The highest BCUT2D eigenvalue weighted by Crippen LogP contribution is 2.26. The molecule has 0 aliphatic rings. The number of hydrogen-bond acceptors (Lipinski definition) is 3. The largest absolute Gasteiger partial charge is 0.313 e. The summed E-state index contributed by atoms with van der Waals surface area (Å²) in [6.07, 6.45) is 0. The van der Waals surface area contributed by atoms with Crippen LogP contribution in [0.5, 0.6) is 0 Å². The summed E-state index contributed by atoms with van der Waals surface area (Å²) in [5, 5.41) is 3.05. The summed E-state index contributed by atoms with van der Waals surface area (Å²) in [4.78, 5) is 2.11. The molecule has 0 aliphatic heterocycles. The van der Waals surface area contributed by atoms with Crippen molar-refractivity contribution in [2.24, 2.45) is 0 Å². The van der Waals surface area contributed by atoms with Crippen LogP contribution in [-0.2, 0) is 6.54 Å². The molecule has 0 saturated carbocycles. The quantitative estimate of drug-likeness (QED) is 0.770. The SMILES string of the molecule is CCNCc1cc(F)c(SCCN(C)C)c(F)c1. The number of nitrogens with zero attached hydrogens (tertiary/aromatic N) is 1. The van der Waals surface area contributed by atoms with Crippen LogP contribution in [-0.4, -0.2) is 37.8 Å². The molecule has 0 radical (unpaired) electrons. The molecule has 0 fully saturated rings. The molecular formula is C13H20F2N2S. The van der Waals surface area contributed by atoms with Gasteiger partial charge in [0.1, 0.15) is 11.6 Å². The van der Waals surface area contributed by atoms with Crippen LogP contribution in [0.15, 0.2) is 17.0 Å². The van der Waals surface area contributed by atoms with Crippen molar-refractivity contribution in [3.05, 3.63) is 29.3 Å². The first-order valence-electron chi connectivity index (χ1n) is 6.00. The first-order valence-corrected chi connectivity index (χ1v) is 6.99. The number of hydrogen-bond donors (Lipinski definition) is 1. The molecule has 0 aromatic heterocycles. The zero-order chi connectivity index (χ0) is 13.5. The van der Waals surface area contributed by atoms with Gasteiger partial charge >= 0.3 is 0 Å². The van der Waals surface area contributed by atoms with Gasteiger partial charge in [0.25, 0.3) is 0 Å². The fourth-order valence-electron chi connectivity index (χ4n) is 1.45. The van der Waals surface area contributed by atoms with Crippen LogP contribution in [0.3, 0.4) is 0 Å². The summed E-state index contributed by atoms with van der Waals surface area (Å²) in [6.45, 7) is 4.02. The number of thioether (sulfide) groups is 1. The maximum absolute atomic E-state index is 13.8. The minimum absolute atomic E-state index is 0.122. The lowest BCUT2D eigenvalue weighted by Gasteiger charge is -2.11. The zero-order valence-corrected chi connectivity index (χ0v) is 11.9. The van der Waals surface area contributed by atoms with Gasteiger partial charge in [-0.1, -0.05) is 6.92 Å². The fraction of sp³-hybridized carbons (Fsp3) is 0.538. The van der Waals surface area contributed by atoms with Gasteiger partial charge in [0.2, 0.25) is 0 Å². The molecule has 0 heterocycles. The van der Waals surface area contributed by atoms with Crippen LogP contribution >= 0.6 is 11.8 Å². The monoisotopic (exact) mass is 274 g/mol. The van der Waals surface area contributed by atoms with Crippen LogP contribution < -0.4 is 5.32 Å². The number of nitrogens with one attached hydrogen (secondary N) is 1. The molecule has 1 aromatic rings. The summed E-state index contributed by atoms with van der Waals surface area (Å²) >= 11 is 1.22. The molecule has 18 heavy (non-hydrogen) atoms. The van der Waals surface area contributed by atoms with Crippen molar-refractivity contribution >= 4 is 11.8 Å². The van der Waals surface area contributed by atoms with Gasteiger partial charge in [0.15, 0.2) is 0 Å². The maximum atomic E-state index is 13.8. The molecule has 0 atom stereocenters. The average molecular weight is 274 g/mol. The normalized spacial score (nSPS) is 11.2. The third-order valence-corrected chi connectivity index (χ3v) is 3.49. The van der Waals surface area contributed by atoms with E-state index in [0.717, 1.165) is 13.1 Å². The molecule has 0 spiro atoms. The number of benzene rings is 1. The van der Waals surface area contributed by atoms with Gasteiger partial charge in [-0.15, -0.1) is 11.8 Å². The van der Waals surface area contributed by atoms with E-state index in [2.05, 4.69) is 5.32 Å². The Morgan fingerprint density at radius 1 is 1.22 bits per heavy atom. The van der Waals surface area contributed by atoms with Crippen LogP contribution in [0.25, 0.3) is 0 Å². The third kappa shape index (κ3) is 4.92. The molecule has 0 amide bonds. The van der Waals surface area contributed by atoms with Gasteiger partial charge in [0.05, 0.1) is 4.90 Å². The Morgan fingerprint density at radius 3 is 2.33 bits per heavy atom. The summed E-state index contributed by atoms with van der Waals surface area (Å²) < 4.78 is 27.5. The number of halogens is 2. The first kappa shape index (κ1) is 15.4. The molecule has 2 nitrogen and oxygen atoms in total. The Morgan fingerprint density at radius 2 is 1.83 bits per heavy atom. The minimum atomic E-state index is -0.466. The minimum Gasteiger partial charge on any atom is -0.313 e. The van der Waals surface area contributed by atoms with Crippen molar-refractivity contribution in [1.82, 2.24) is 10.2 Å². The first-order chi connectivity index (χ1) is 8.54. The van der Waals surface area contributed by atoms with Crippen molar-refractivity contribution in [3.8, 4) is 0 Å². The topological polar surface area (TPSA) is 15.3 Å². The molecule has 0 saturated heterocycles. The summed E-state index contributed by atoms with van der Waals surface area (Å²) in [5.74, 6) is -0.258. The standard InChI is InChI=1S/C13H20F2N2S/c1-4-16-9-10-7-11(14)13(12(15)8-10)18-6-5-17(2)3/h7-8,16H,4-6,9H2,1-3H3.